The fraction of sp³-hybridized carbons (Fsp3) is 0.583. The van der Waals surface area contributed by atoms with E-state index in [9.17, 15) is 4.79 Å². The van der Waals surface area contributed by atoms with Crippen LogP contribution in [-0.2, 0) is 14.3 Å². The summed E-state index contributed by atoms with van der Waals surface area (Å²) in [5, 5.41) is 3.27. The van der Waals surface area contributed by atoms with E-state index < -0.39 is 5.97 Å². The van der Waals surface area contributed by atoms with Crippen molar-refractivity contribution >= 4 is 5.97 Å². The Morgan fingerprint density at radius 3 is 2.50 bits per heavy atom. The summed E-state index contributed by atoms with van der Waals surface area (Å²) in [7, 11) is 1.32. The molecule has 0 radical (unpaired) electrons. The zero-order valence-electron chi connectivity index (χ0n) is 10.5. The van der Waals surface area contributed by atoms with Crippen molar-refractivity contribution in [2.24, 2.45) is 0 Å². The third kappa shape index (κ3) is 9.27. The molecule has 0 bridgehead atoms. The van der Waals surface area contributed by atoms with Crippen LogP contribution in [-0.4, -0.2) is 31.8 Å². The molecule has 0 aromatic rings. The molecule has 4 heteroatoms. The Kier molecular flexibility index (Phi) is 6.49. The molecular weight excluding hydrogens is 206 g/mol. The molecule has 0 saturated carbocycles. The molecule has 0 saturated heterocycles. The first-order chi connectivity index (χ1) is 7.35. The summed E-state index contributed by atoms with van der Waals surface area (Å²) in [4.78, 5) is 10.8. The molecule has 0 aromatic carbocycles. The van der Waals surface area contributed by atoms with Crippen LogP contribution in [0.4, 0.5) is 0 Å². The summed E-state index contributed by atoms with van der Waals surface area (Å²) in [6.45, 7) is 11.1. The van der Waals surface area contributed by atoms with Crippen LogP contribution in [0.1, 0.15) is 20.8 Å². The third-order valence-electron chi connectivity index (χ3n) is 1.65. The topological polar surface area (TPSA) is 47.6 Å². The monoisotopic (exact) mass is 227 g/mol. The van der Waals surface area contributed by atoms with Crippen LogP contribution < -0.4 is 5.32 Å². The van der Waals surface area contributed by atoms with E-state index >= 15 is 0 Å². The maximum Gasteiger partial charge on any atom is 0.330 e. The Morgan fingerprint density at radius 1 is 1.38 bits per heavy atom. The Bertz CT molecular complexity index is 264. The van der Waals surface area contributed by atoms with Crippen molar-refractivity contribution in [3.8, 4) is 0 Å². The Labute approximate surface area is 97.3 Å². The fourth-order valence-electron chi connectivity index (χ4n) is 0.885. The predicted molar refractivity (Wildman–Crippen MR) is 64.0 cm³/mol. The van der Waals surface area contributed by atoms with Gasteiger partial charge in [0.15, 0.2) is 0 Å². The van der Waals surface area contributed by atoms with E-state index in [1.807, 2.05) is 0 Å². The van der Waals surface area contributed by atoms with Crippen molar-refractivity contribution in [2.45, 2.75) is 26.3 Å². The average molecular weight is 227 g/mol. The number of rotatable bonds is 6. The molecule has 0 amide bonds. The second kappa shape index (κ2) is 7.06. The number of carbonyl (C=O) groups is 1. The summed E-state index contributed by atoms with van der Waals surface area (Å²) >= 11 is 0. The molecule has 0 spiro atoms. The standard InChI is InChI=1S/C12H21NO3/c1-10(6-7-11(14)15-5)16-9-8-13-12(2,3)4/h6-7,13H,1,8-9H2,2-5H3/b7-6+. The molecular formula is C12H21NO3. The molecule has 16 heavy (non-hydrogen) atoms. The van der Waals surface area contributed by atoms with Crippen LogP contribution in [0.25, 0.3) is 0 Å². The molecule has 0 aliphatic carbocycles. The van der Waals surface area contributed by atoms with E-state index in [-0.39, 0.29) is 5.54 Å². The van der Waals surface area contributed by atoms with Gasteiger partial charge in [-0.15, -0.1) is 0 Å². The van der Waals surface area contributed by atoms with Gasteiger partial charge in [0.05, 0.1) is 7.11 Å². The quantitative estimate of drug-likeness (QED) is 0.246. The summed E-state index contributed by atoms with van der Waals surface area (Å²) in [5.74, 6) is 0.0266. The normalized spacial score (nSPS) is 11.5. The van der Waals surface area contributed by atoms with Gasteiger partial charge in [-0.05, 0) is 26.8 Å². The molecule has 0 rings (SSSR count). The SMILES string of the molecule is C=C(/C=C/C(=O)OC)OCCNC(C)(C)C. The van der Waals surface area contributed by atoms with E-state index in [2.05, 4.69) is 37.4 Å². The molecule has 0 aliphatic rings. The minimum atomic E-state index is -0.419. The maximum absolute atomic E-state index is 10.8. The fourth-order valence-corrected chi connectivity index (χ4v) is 0.885. The lowest BCUT2D eigenvalue weighted by Gasteiger charge is -2.20. The summed E-state index contributed by atoms with van der Waals surface area (Å²) < 4.78 is 9.72. The van der Waals surface area contributed by atoms with Gasteiger partial charge in [0.1, 0.15) is 12.4 Å². The van der Waals surface area contributed by atoms with E-state index in [0.717, 1.165) is 6.54 Å². The molecule has 0 aliphatic heterocycles. The number of esters is 1. The highest BCUT2D eigenvalue weighted by Gasteiger charge is 2.07. The molecule has 0 heterocycles. The number of hydrogen-bond acceptors (Lipinski definition) is 4. The van der Waals surface area contributed by atoms with Crippen molar-refractivity contribution in [1.29, 1.82) is 0 Å². The van der Waals surface area contributed by atoms with Crippen molar-refractivity contribution in [3.05, 3.63) is 24.5 Å². The van der Waals surface area contributed by atoms with Gasteiger partial charge >= 0.3 is 5.97 Å². The van der Waals surface area contributed by atoms with Crippen molar-refractivity contribution in [2.75, 3.05) is 20.3 Å². The van der Waals surface area contributed by atoms with E-state index in [0.29, 0.717) is 12.4 Å². The van der Waals surface area contributed by atoms with Gasteiger partial charge in [0, 0.05) is 18.2 Å². The summed E-state index contributed by atoms with van der Waals surface area (Å²) in [5.41, 5.74) is 0.0759. The lowest BCUT2D eigenvalue weighted by Crippen LogP contribution is -2.37. The number of hydrogen-bond donors (Lipinski definition) is 1. The second-order valence-corrected chi connectivity index (χ2v) is 4.35. The van der Waals surface area contributed by atoms with Gasteiger partial charge in [-0.3, -0.25) is 0 Å². The van der Waals surface area contributed by atoms with Crippen LogP contribution in [0.15, 0.2) is 24.5 Å². The predicted octanol–water partition coefficient (Wildman–Crippen LogP) is 1.63. The minimum Gasteiger partial charge on any atom is -0.493 e. The van der Waals surface area contributed by atoms with Gasteiger partial charge in [-0.25, -0.2) is 4.79 Å². The molecule has 0 aromatic heterocycles. The lowest BCUT2D eigenvalue weighted by molar-refractivity contribution is -0.134. The molecule has 4 nitrogen and oxygen atoms in total. The Balaban J connectivity index is 3.67. The number of ether oxygens (including phenoxy) is 2. The summed E-state index contributed by atoms with van der Waals surface area (Å²) in [6.07, 6.45) is 2.77. The minimum absolute atomic E-state index is 0.0759. The highest BCUT2D eigenvalue weighted by atomic mass is 16.5. The first kappa shape index (κ1) is 14.7. The highest BCUT2D eigenvalue weighted by Crippen LogP contribution is 1.99. The first-order valence-corrected chi connectivity index (χ1v) is 5.18. The average Bonchev–Trinajstić information content (AvgIpc) is 2.19. The smallest absolute Gasteiger partial charge is 0.330 e. The molecule has 1 N–H and O–H groups in total. The number of allylic oxidation sites excluding steroid dienone is 1. The molecule has 92 valence electrons. The van der Waals surface area contributed by atoms with Crippen molar-refractivity contribution in [1.82, 2.24) is 5.32 Å². The van der Waals surface area contributed by atoms with Crippen LogP contribution in [0.5, 0.6) is 0 Å². The van der Waals surface area contributed by atoms with Crippen LogP contribution >= 0.6 is 0 Å². The number of nitrogens with one attached hydrogen (secondary N) is 1. The largest absolute Gasteiger partial charge is 0.493 e. The second-order valence-electron chi connectivity index (χ2n) is 4.35. The zero-order chi connectivity index (χ0) is 12.6. The lowest BCUT2D eigenvalue weighted by atomic mass is 10.1. The molecule has 0 fully saturated rings. The van der Waals surface area contributed by atoms with Crippen LogP contribution in [0.2, 0.25) is 0 Å². The zero-order valence-corrected chi connectivity index (χ0v) is 10.5. The van der Waals surface area contributed by atoms with Crippen LogP contribution in [0.3, 0.4) is 0 Å². The molecule has 0 unspecified atom stereocenters. The highest BCUT2D eigenvalue weighted by molar-refractivity contribution is 5.82. The van der Waals surface area contributed by atoms with Crippen molar-refractivity contribution in [3.63, 3.8) is 0 Å². The summed E-state index contributed by atoms with van der Waals surface area (Å²) in [6, 6.07) is 0. The van der Waals surface area contributed by atoms with Gasteiger partial charge < -0.3 is 14.8 Å². The number of methoxy groups -OCH3 is 1. The van der Waals surface area contributed by atoms with Gasteiger partial charge in [-0.2, -0.15) is 0 Å². The Morgan fingerprint density at radius 2 is 2.00 bits per heavy atom. The van der Waals surface area contributed by atoms with E-state index in [1.165, 1.54) is 19.3 Å². The van der Waals surface area contributed by atoms with E-state index in [1.54, 1.807) is 0 Å². The van der Waals surface area contributed by atoms with Crippen molar-refractivity contribution < 1.29 is 14.3 Å². The number of carbonyl (C=O) groups excluding carboxylic acids is 1. The van der Waals surface area contributed by atoms with Crippen LogP contribution in [0, 0.1) is 0 Å². The van der Waals surface area contributed by atoms with E-state index in [4.69, 9.17) is 4.74 Å². The third-order valence-corrected chi connectivity index (χ3v) is 1.65. The van der Waals surface area contributed by atoms with Gasteiger partial charge in [0.25, 0.3) is 0 Å². The van der Waals surface area contributed by atoms with Gasteiger partial charge in [-0.1, -0.05) is 6.58 Å². The van der Waals surface area contributed by atoms with Gasteiger partial charge in [0.2, 0.25) is 0 Å². The first-order valence-electron chi connectivity index (χ1n) is 5.18. The maximum atomic E-state index is 10.8. The Hall–Kier alpha value is -1.29. The molecule has 0 atom stereocenters.